The number of benzene rings is 2. The molecule has 1 atom stereocenters. The molecular weight excluding hydrogens is 423 g/mol. The highest BCUT2D eigenvalue weighted by atomic mass is 19.1. The van der Waals surface area contributed by atoms with Gasteiger partial charge in [-0.05, 0) is 49.6 Å². The third-order valence-corrected chi connectivity index (χ3v) is 5.73. The van der Waals surface area contributed by atoms with Gasteiger partial charge in [-0.2, -0.15) is 0 Å². The zero-order valence-corrected chi connectivity index (χ0v) is 18.3. The van der Waals surface area contributed by atoms with Gasteiger partial charge in [0.2, 0.25) is 0 Å². The standard InChI is InChI=1S/C25H25FN4O3/c1-17-5-7-19(8-6-17)24(32)27-15-18-11-13-29(16-18)25(33)28-22-10-9-20(14-21(22)26)30-12-3-2-4-23(30)31/h2-10,12,14,18H,11,13,15-16H2,1H3,(H,27,32)(H,28,33)/t18-/m1/s1. The molecule has 1 saturated heterocycles. The highest BCUT2D eigenvalue weighted by molar-refractivity contribution is 5.94. The monoisotopic (exact) mass is 448 g/mol. The molecule has 0 unspecified atom stereocenters. The van der Waals surface area contributed by atoms with E-state index >= 15 is 0 Å². The molecule has 0 saturated carbocycles. The second-order valence-corrected chi connectivity index (χ2v) is 8.18. The van der Waals surface area contributed by atoms with Crippen LogP contribution in [0.3, 0.4) is 0 Å². The van der Waals surface area contributed by atoms with Crippen molar-refractivity contribution in [1.29, 1.82) is 0 Å². The Morgan fingerprint density at radius 1 is 1.09 bits per heavy atom. The number of likely N-dealkylation sites (tertiary alicyclic amines) is 1. The number of hydrogen-bond donors (Lipinski definition) is 2. The van der Waals surface area contributed by atoms with Gasteiger partial charge in [0.1, 0.15) is 5.82 Å². The van der Waals surface area contributed by atoms with Gasteiger partial charge < -0.3 is 15.5 Å². The molecule has 1 fully saturated rings. The van der Waals surface area contributed by atoms with Gasteiger partial charge in [0.25, 0.3) is 11.5 Å². The van der Waals surface area contributed by atoms with Crippen LogP contribution in [0.15, 0.2) is 71.7 Å². The van der Waals surface area contributed by atoms with E-state index in [1.807, 2.05) is 19.1 Å². The summed E-state index contributed by atoms with van der Waals surface area (Å²) in [6.45, 7) is 3.42. The molecule has 1 aromatic heterocycles. The quantitative estimate of drug-likeness (QED) is 0.626. The van der Waals surface area contributed by atoms with E-state index in [0.717, 1.165) is 12.0 Å². The van der Waals surface area contributed by atoms with Crippen LogP contribution in [0.2, 0.25) is 0 Å². The van der Waals surface area contributed by atoms with Gasteiger partial charge in [-0.25, -0.2) is 9.18 Å². The minimum Gasteiger partial charge on any atom is -0.352 e. The second kappa shape index (κ2) is 9.68. The third kappa shape index (κ3) is 5.28. The number of nitrogens with zero attached hydrogens (tertiary/aromatic N) is 2. The number of carbonyl (C=O) groups excluding carboxylic acids is 2. The van der Waals surface area contributed by atoms with Crippen molar-refractivity contribution >= 4 is 17.6 Å². The summed E-state index contributed by atoms with van der Waals surface area (Å²) >= 11 is 0. The first-order chi connectivity index (χ1) is 15.9. The predicted octanol–water partition coefficient (Wildman–Crippen LogP) is 3.57. The van der Waals surface area contributed by atoms with Crippen molar-refractivity contribution < 1.29 is 14.0 Å². The molecule has 7 nitrogen and oxygen atoms in total. The number of anilines is 1. The topological polar surface area (TPSA) is 83.4 Å². The number of aryl methyl sites for hydroxylation is 1. The smallest absolute Gasteiger partial charge is 0.321 e. The fraction of sp³-hybridized carbons (Fsp3) is 0.240. The summed E-state index contributed by atoms with van der Waals surface area (Å²) < 4.78 is 15.9. The average molecular weight is 448 g/mol. The Morgan fingerprint density at radius 3 is 2.61 bits per heavy atom. The first-order valence-corrected chi connectivity index (χ1v) is 10.8. The Kier molecular flexibility index (Phi) is 6.53. The van der Waals surface area contributed by atoms with Crippen molar-refractivity contribution in [2.75, 3.05) is 25.0 Å². The zero-order chi connectivity index (χ0) is 23.4. The molecule has 8 heteroatoms. The first-order valence-electron chi connectivity index (χ1n) is 10.8. The van der Waals surface area contributed by atoms with Crippen LogP contribution in [0.1, 0.15) is 22.3 Å². The number of rotatable bonds is 5. The number of halogens is 1. The number of urea groups is 1. The lowest BCUT2D eigenvalue weighted by atomic mass is 10.1. The van der Waals surface area contributed by atoms with Crippen LogP contribution in [-0.4, -0.2) is 41.0 Å². The minimum absolute atomic E-state index is 0.0452. The maximum absolute atomic E-state index is 14.6. The lowest BCUT2D eigenvalue weighted by Crippen LogP contribution is -2.35. The maximum atomic E-state index is 14.6. The molecule has 33 heavy (non-hydrogen) atoms. The maximum Gasteiger partial charge on any atom is 0.321 e. The van der Waals surface area contributed by atoms with Gasteiger partial charge in [0, 0.05) is 43.5 Å². The molecule has 0 spiro atoms. The van der Waals surface area contributed by atoms with Gasteiger partial charge in [-0.15, -0.1) is 0 Å². The molecule has 3 aromatic rings. The van der Waals surface area contributed by atoms with Crippen molar-refractivity contribution in [3.8, 4) is 5.69 Å². The molecule has 1 aliphatic rings. The number of nitrogens with one attached hydrogen (secondary N) is 2. The van der Waals surface area contributed by atoms with Crippen LogP contribution >= 0.6 is 0 Å². The van der Waals surface area contributed by atoms with Crippen molar-refractivity contribution in [2.24, 2.45) is 5.92 Å². The van der Waals surface area contributed by atoms with E-state index < -0.39 is 11.8 Å². The van der Waals surface area contributed by atoms with Crippen LogP contribution in [0.4, 0.5) is 14.9 Å². The van der Waals surface area contributed by atoms with E-state index in [-0.39, 0.29) is 23.1 Å². The Bertz CT molecular complexity index is 1220. The van der Waals surface area contributed by atoms with Crippen LogP contribution in [-0.2, 0) is 0 Å². The Balaban J connectivity index is 1.31. The molecule has 2 N–H and O–H groups in total. The number of aromatic nitrogens is 1. The number of pyridine rings is 1. The molecule has 170 valence electrons. The Hall–Kier alpha value is -3.94. The summed E-state index contributed by atoms with van der Waals surface area (Å²) in [4.78, 5) is 38.4. The fourth-order valence-electron chi connectivity index (χ4n) is 3.82. The van der Waals surface area contributed by atoms with Gasteiger partial charge in [0.15, 0.2) is 0 Å². The minimum atomic E-state index is -0.627. The molecule has 3 amide bonds. The SMILES string of the molecule is Cc1ccc(C(=O)NC[C@H]2CCN(C(=O)Nc3ccc(-n4ccccc4=O)cc3F)C2)cc1. The Labute approximate surface area is 190 Å². The van der Waals surface area contributed by atoms with Crippen LogP contribution in [0, 0.1) is 18.7 Å². The third-order valence-electron chi connectivity index (χ3n) is 5.73. The lowest BCUT2D eigenvalue weighted by Gasteiger charge is -2.18. The summed E-state index contributed by atoms with van der Waals surface area (Å²) in [6, 6.07) is 15.9. The molecule has 0 radical (unpaired) electrons. The zero-order valence-electron chi connectivity index (χ0n) is 18.3. The van der Waals surface area contributed by atoms with Crippen molar-refractivity contribution in [3.63, 3.8) is 0 Å². The molecule has 2 aromatic carbocycles. The lowest BCUT2D eigenvalue weighted by molar-refractivity contribution is 0.0948. The predicted molar refractivity (Wildman–Crippen MR) is 124 cm³/mol. The van der Waals surface area contributed by atoms with Gasteiger partial charge in [-0.3, -0.25) is 14.2 Å². The van der Waals surface area contributed by atoms with Crippen molar-refractivity contribution in [3.05, 3.63) is 94.2 Å². The molecule has 1 aliphatic heterocycles. The molecule has 2 heterocycles. The number of carbonyl (C=O) groups is 2. The highest BCUT2D eigenvalue weighted by Gasteiger charge is 2.27. The fourth-order valence-corrected chi connectivity index (χ4v) is 3.82. The van der Waals surface area contributed by atoms with E-state index in [9.17, 15) is 18.8 Å². The van der Waals surface area contributed by atoms with E-state index in [1.54, 1.807) is 41.4 Å². The first kappa shape index (κ1) is 22.3. The summed E-state index contributed by atoms with van der Waals surface area (Å²) in [6.07, 6.45) is 2.30. The number of amides is 3. The summed E-state index contributed by atoms with van der Waals surface area (Å²) in [5.41, 5.74) is 1.84. The van der Waals surface area contributed by atoms with Gasteiger partial charge >= 0.3 is 6.03 Å². The van der Waals surface area contributed by atoms with Crippen molar-refractivity contribution in [2.45, 2.75) is 13.3 Å². The van der Waals surface area contributed by atoms with Gasteiger partial charge in [0.05, 0.1) is 11.4 Å². The average Bonchev–Trinajstić information content (AvgIpc) is 3.29. The normalized spacial score (nSPS) is 15.3. The van der Waals surface area contributed by atoms with E-state index in [4.69, 9.17) is 0 Å². The molecule has 4 rings (SSSR count). The van der Waals surface area contributed by atoms with Gasteiger partial charge in [-0.1, -0.05) is 23.8 Å². The second-order valence-electron chi connectivity index (χ2n) is 8.18. The van der Waals surface area contributed by atoms with E-state index in [2.05, 4.69) is 10.6 Å². The van der Waals surface area contributed by atoms with Crippen LogP contribution in [0.25, 0.3) is 5.69 Å². The van der Waals surface area contributed by atoms with E-state index in [1.165, 1.54) is 22.8 Å². The molecule has 0 bridgehead atoms. The van der Waals surface area contributed by atoms with E-state index in [0.29, 0.717) is 30.9 Å². The summed E-state index contributed by atoms with van der Waals surface area (Å²) in [5.74, 6) is -0.641. The summed E-state index contributed by atoms with van der Waals surface area (Å²) in [7, 11) is 0. The van der Waals surface area contributed by atoms with Crippen LogP contribution < -0.4 is 16.2 Å². The Morgan fingerprint density at radius 2 is 1.88 bits per heavy atom. The van der Waals surface area contributed by atoms with Crippen LogP contribution in [0.5, 0.6) is 0 Å². The number of hydrogen-bond acceptors (Lipinski definition) is 3. The molecular formula is C25H25FN4O3. The highest BCUT2D eigenvalue weighted by Crippen LogP contribution is 2.21. The van der Waals surface area contributed by atoms with Crippen molar-refractivity contribution in [1.82, 2.24) is 14.8 Å². The molecule has 0 aliphatic carbocycles. The summed E-state index contributed by atoms with van der Waals surface area (Å²) in [5, 5.41) is 5.52. The largest absolute Gasteiger partial charge is 0.352 e.